The average Bonchev–Trinajstić information content (AvgIpc) is 2.73. The Morgan fingerprint density at radius 3 is 2.56 bits per heavy atom. The summed E-state index contributed by atoms with van der Waals surface area (Å²) < 4.78 is 0. The molecule has 0 radical (unpaired) electrons. The van der Waals surface area contributed by atoms with E-state index in [1.807, 2.05) is 30.5 Å². The van der Waals surface area contributed by atoms with Crippen molar-refractivity contribution in [1.29, 1.82) is 0 Å². The topological polar surface area (TPSA) is 36.0 Å². The number of hydrogen-bond donors (Lipinski definition) is 2. The van der Waals surface area contributed by atoms with E-state index >= 15 is 0 Å². The van der Waals surface area contributed by atoms with Gasteiger partial charge in [0, 0.05) is 22.7 Å². The highest BCUT2D eigenvalue weighted by Crippen LogP contribution is 2.30. The Morgan fingerprint density at radius 2 is 1.75 bits per heavy atom. The van der Waals surface area contributed by atoms with Crippen LogP contribution in [0.1, 0.15) is 0 Å². The maximum atomic E-state index is 9.51. The second kappa shape index (κ2) is 3.42. The molecular weight excluding hydrogens is 198 g/mol. The summed E-state index contributed by atoms with van der Waals surface area (Å²) in [6.45, 7) is 0. The number of phenolic OH excluding ortho intramolecular Hbond substituents is 1. The summed E-state index contributed by atoms with van der Waals surface area (Å²) in [5, 5.41) is 10.6. The van der Waals surface area contributed by atoms with Gasteiger partial charge < -0.3 is 10.1 Å². The van der Waals surface area contributed by atoms with E-state index in [2.05, 4.69) is 17.1 Å². The highest BCUT2D eigenvalue weighted by molar-refractivity contribution is 5.96. The second-order valence-electron chi connectivity index (χ2n) is 3.80. The molecule has 2 heteroatoms. The third-order valence-electron chi connectivity index (χ3n) is 2.75. The van der Waals surface area contributed by atoms with Crippen LogP contribution < -0.4 is 0 Å². The first kappa shape index (κ1) is 9.04. The standard InChI is InChI=1S/C14H11NO/c16-11-6-7-14-12(8-11)13(9-15-14)10-4-2-1-3-5-10/h1-9,15-16H. The lowest BCUT2D eigenvalue weighted by Gasteiger charge is -1.99. The molecule has 16 heavy (non-hydrogen) atoms. The van der Waals surface area contributed by atoms with Gasteiger partial charge in [0.05, 0.1) is 0 Å². The third-order valence-corrected chi connectivity index (χ3v) is 2.75. The van der Waals surface area contributed by atoms with E-state index in [1.165, 1.54) is 0 Å². The lowest BCUT2D eigenvalue weighted by Crippen LogP contribution is -1.73. The zero-order chi connectivity index (χ0) is 11.0. The van der Waals surface area contributed by atoms with Crippen LogP contribution in [0.5, 0.6) is 5.75 Å². The first-order valence-corrected chi connectivity index (χ1v) is 5.20. The maximum absolute atomic E-state index is 9.51. The molecule has 1 heterocycles. The molecule has 0 spiro atoms. The number of rotatable bonds is 1. The van der Waals surface area contributed by atoms with Crippen molar-refractivity contribution in [3.05, 3.63) is 54.7 Å². The number of aromatic hydroxyl groups is 1. The maximum Gasteiger partial charge on any atom is 0.116 e. The van der Waals surface area contributed by atoms with Crippen molar-refractivity contribution in [3.8, 4) is 16.9 Å². The first-order chi connectivity index (χ1) is 7.84. The molecule has 2 nitrogen and oxygen atoms in total. The summed E-state index contributed by atoms with van der Waals surface area (Å²) in [5.74, 6) is 0.296. The van der Waals surface area contributed by atoms with Crippen LogP contribution in [0.4, 0.5) is 0 Å². The minimum Gasteiger partial charge on any atom is -0.508 e. The normalized spacial score (nSPS) is 10.8. The lowest BCUT2D eigenvalue weighted by molar-refractivity contribution is 0.476. The Balaban J connectivity index is 2.29. The summed E-state index contributed by atoms with van der Waals surface area (Å²) in [6.07, 6.45) is 1.97. The molecule has 0 aliphatic rings. The van der Waals surface area contributed by atoms with E-state index in [-0.39, 0.29) is 0 Å². The fourth-order valence-corrected chi connectivity index (χ4v) is 1.97. The van der Waals surface area contributed by atoms with Gasteiger partial charge in [-0.1, -0.05) is 30.3 Å². The molecule has 0 saturated heterocycles. The van der Waals surface area contributed by atoms with Gasteiger partial charge in [0.2, 0.25) is 0 Å². The molecule has 0 aliphatic carbocycles. The van der Waals surface area contributed by atoms with Gasteiger partial charge in [0.15, 0.2) is 0 Å². The van der Waals surface area contributed by atoms with E-state index < -0.39 is 0 Å². The highest BCUT2D eigenvalue weighted by atomic mass is 16.3. The van der Waals surface area contributed by atoms with Gasteiger partial charge in [-0.3, -0.25) is 0 Å². The van der Waals surface area contributed by atoms with Crippen molar-refractivity contribution in [2.24, 2.45) is 0 Å². The van der Waals surface area contributed by atoms with E-state index in [0.29, 0.717) is 5.75 Å². The highest BCUT2D eigenvalue weighted by Gasteiger charge is 2.05. The SMILES string of the molecule is Oc1ccc2[nH]cc(-c3ccccc3)c2c1. The van der Waals surface area contributed by atoms with E-state index in [4.69, 9.17) is 0 Å². The molecular formula is C14H11NO. The largest absolute Gasteiger partial charge is 0.508 e. The molecule has 3 rings (SSSR count). The van der Waals surface area contributed by atoms with Crippen LogP contribution in [-0.4, -0.2) is 10.1 Å². The zero-order valence-electron chi connectivity index (χ0n) is 8.64. The molecule has 0 amide bonds. The summed E-state index contributed by atoms with van der Waals surface area (Å²) in [5.41, 5.74) is 3.31. The molecule has 1 aromatic heterocycles. The van der Waals surface area contributed by atoms with Gasteiger partial charge in [-0.15, -0.1) is 0 Å². The molecule has 3 aromatic rings. The number of H-pyrrole nitrogens is 1. The molecule has 0 unspecified atom stereocenters. The summed E-state index contributed by atoms with van der Waals surface area (Å²) >= 11 is 0. The number of nitrogens with one attached hydrogen (secondary N) is 1. The predicted octanol–water partition coefficient (Wildman–Crippen LogP) is 3.54. The van der Waals surface area contributed by atoms with Crippen LogP contribution in [0.2, 0.25) is 0 Å². The number of fused-ring (bicyclic) bond motifs is 1. The monoisotopic (exact) mass is 209 g/mol. The summed E-state index contributed by atoms with van der Waals surface area (Å²) in [6, 6.07) is 15.5. The van der Waals surface area contributed by atoms with Crippen molar-refractivity contribution in [2.75, 3.05) is 0 Å². The Morgan fingerprint density at radius 1 is 0.938 bits per heavy atom. The number of aromatic amines is 1. The van der Waals surface area contributed by atoms with Crippen LogP contribution in [0.15, 0.2) is 54.7 Å². The first-order valence-electron chi connectivity index (χ1n) is 5.20. The van der Waals surface area contributed by atoms with E-state index in [1.54, 1.807) is 12.1 Å². The van der Waals surface area contributed by atoms with Gasteiger partial charge in [0.25, 0.3) is 0 Å². The minimum atomic E-state index is 0.296. The van der Waals surface area contributed by atoms with Gasteiger partial charge >= 0.3 is 0 Å². The fourth-order valence-electron chi connectivity index (χ4n) is 1.97. The lowest BCUT2D eigenvalue weighted by atomic mass is 10.1. The van der Waals surface area contributed by atoms with Crippen LogP contribution in [0.25, 0.3) is 22.0 Å². The Labute approximate surface area is 93.2 Å². The van der Waals surface area contributed by atoms with Crippen molar-refractivity contribution < 1.29 is 5.11 Å². The Hall–Kier alpha value is -2.22. The predicted molar refractivity (Wildman–Crippen MR) is 65.4 cm³/mol. The van der Waals surface area contributed by atoms with E-state index in [0.717, 1.165) is 22.0 Å². The van der Waals surface area contributed by atoms with Crippen molar-refractivity contribution in [1.82, 2.24) is 4.98 Å². The fraction of sp³-hybridized carbons (Fsp3) is 0. The summed E-state index contributed by atoms with van der Waals surface area (Å²) in [7, 11) is 0. The third kappa shape index (κ3) is 1.36. The zero-order valence-corrected chi connectivity index (χ0v) is 8.64. The Bertz CT molecular complexity index is 626. The van der Waals surface area contributed by atoms with Gasteiger partial charge in [-0.2, -0.15) is 0 Å². The number of aromatic nitrogens is 1. The molecule has 0 saturated carbocycles. The Kier molecular flexibility index (Phi) is 1.93. The molecule has 0 atom stereocenters. The smallest absolute Gasteiger partial charge is 0.116 e. The van der Waals surface area contributed by atoms with Crippen LogP contribution in [0.3, 0.4) is 0 Å². The van der Waals surface area contributed by atoms with Crippen molar-refractivity contribution >= 4 is 10.9 Å². The number of hydrogen-bond acceptors (Lipinski definition) is 1. The van der Waals surface area contributed by atoms with E-state index in [9.17, 15) is 5.11 Å². The van der Waals surface area contributed by atoms with Crippen molar-refractivity contribution in [2.45, 2.75) is 0 Å². The summed E-state index contributed by atoms with van der Waals surface area (Å²) in [4.78, 5) is 3.20. The molecule has 0 fully saturated rings. The van der Waals surface area contributed by atoms with Crippen molar-refractivity contribution in [3.63, 3.8) is 0 Å². The number of benzene rings is 2. The average molecular weight is 209 g/mol. The number of phenols is 1. The minimum absolute atomic E-state index is 0.296. The molecule has 2 N–H and O–H groups in total. The van der Waals surface area contributed by atoms with Crippen LogP contribution >= 0.6 is 0 Å². The second-order valence-corrected chi connectivity index (χ2v) is 3.80. The molecule has 78 valence electrons. The van der Waals surface area contributed by atoms with Crippen LogP contribution in [-0.2, 0) is 0 Å². The van der Waals surface area contributed by atoms with Crippen LogP contribution in [0, 0.1) is 0 Å². The molecule has 2 aromatic carbocycles. The molecule has 0 bridgehead atoms. The van der Waals surface area contributed by atoms with Gasteiger partial charge in [-0.05, 0) is 23.8 Å². The van der Waals surface area contributed by atoms with Gasteiger partial charge in [0.1, 0.15) is 5.75 Å². The quantitative estimate of drug-likeness (QED) is 0.631. The van der Waals surface area contributed by atoms with Gasteiger partial charge in [-0.25, -0.2) is 0 Å². The molecule has 0 aliphatic heterocycles.